The second-order valence-corrected chi connectivity index (χ2v) is 7.88. The van der Waals surface area contributed by atoms with Crippen molar-refractivity contribution in [2.75, 3.05) is 24.5 Å². The van der Waals surface area contributed by atoms with Gasteiger partial charge in [-0.3, -0.25) is 14.6 Å². The van der Waals surface area contributed by atoms with E-state index < -0.39 is 0 Å². The summed E-state index contributed by atoms with van der Waals surface area (Å²) in [5, 5.41) is 7.41. The Bertz CT molecular complexity index is 1050. The number of piperidine rings is 1. The van der Waals surface area contributed by atoms with Crippen molar-refractivity contribution in [1.82, 2.24) is 20.1 Å². The number of hydrogen-bond donors (Lipinski definition) is 1. The van der Waals surface area contributed by atoms with Crippen molar-refractivity contribution in [2.24, 2.45) is 5.92 Å². The topological polar surface area (TPSA) is 80.1 Å². The number of carbonyl (C=O) groups excluding carboxylic acids is 1. The lowest BCUT2D eigenvalue weighted by Crippen LogP contribution is -2.44. The van der Waals surface area contributed by atoms with Gasteiger partial charge in [0.2, 0.25) is 5.91 Å². The summed E-state index contributed by atoms with van der Waals surface area (Å²) in [6, 6.07) is 15.3. The van der Waals surface area contributed by atoms with E-state index in [0.29, 0.717) is 19.6 Å². The Morgan fingerprint density at radius 2 is 1.90 bits per heavy atom. The SMILES string of the molecule is O=C(NCCc1ccncc1)[C@H]1CCCN(c2cnn(Cc3ccccc3)c(=O)c2)C1. The fourth-order valence-electron chi connectivity index (χ4n) is 3.92. The minimum absolute atomic E-state index is 0.0733. The van der Waals surface area contributed by atoms with Crippen LogP contribution in [0.25, 0.3) is 0 Å². The minimum atomic E-state index is -0.134. The van der Waals surface area contributed by atoms with Crippen LogP contribution < -0.4 is 15.8 Å². The summed E-state index contributed by atoms with van der Waals surface area (Å²) < 4.78 is 1.46. The third-order valence-electron chi connectivity index (χ3n) is 5.65. The molecule has 0 aliphatic carbocycles. The van der Waals surface area contributed by atoms with Gasteiger partial charge in [0.1, 0.15) is 0 Å². The summed E-state index contributed by atoms with van der Waals surface area (Å²) in [6.07, 6.45) is 7.81. The zero-order valence-electron chi connectivity index (χ0n) is 17.5. The largest absolute Gasteiger partial charge is 0.369 e. The molecule has 1 amide bonds. The fourth-order valence-corrected chi connectivity index (χ4v) is 3.92. The second kappa shape index (κ2) is 10.0. The third kappa shape index (κ3) is 5.57. The van der Waals surface area contributed by atoms with Crippen LogP contribution in [0.2, 0.25) is 0 Å². The summed E-state index contributed by atoms with van der Waals surface area (Å²) in [4.78, 5) is 31.3. The van der Waals surface area contributed by atoms with Gasteiger partial charge in [-0.1, -0.05) is 30.3 Å². The first-order valence-electron chi connectivity index (χ1n) is 10.7. The number of amides is 1. The number of anilines is 1. The van der Waals surface area contributed by atoms with E-state index in [9.17, 15) is 9.59 Å². The fraction of sp³-hybridized carbons (Fsp3) is 0.333. The Morgan fingerprint density at radius 3 is 2.68 bits per heavy atom. The normalized spacial score (nSPS) is 16.1. The highest BCUT2D eigenvalue weighted by molar-refractivity contribution is 5.79. The maximum Gasteiger partial charge on any atom is 0.269 e. The molecular formula is C24H27N5O2. The number of pyridine rings is 1. The van der Waals surface area contributed by atoms with Crippen LogP contribution in [0.15, 0.2) is 71.9 Å². The van der Waals surface area contributed by atoms with Crippen LogP contribution in [0, 0.1) is 5.92 Å². The Balaban J connectivity index is 1.34. The summed E-state index contributed by atoms with van der Waals surface area (Å²) in [7, 11) is 0. The van der Waals surface area contributed by atoms with Crippen molar-refractivity contribution in [3.63, 3.8) is 0 Å². The molecular weight excluding hydrogens is 390 g/mol. The zero-order valence-corrected chi connectivity index (χ0v) is 17.5. The van der Waals surface area contributed by atoms with E-state index in [2.05, 4.69) is 20.3 Å². The number of nitrogens with zero attached hydrogens (tertiary/aromatic N) is 4. The van der Waals surface area contributed by atoms with E-state index in [-0.39, 0.29) is 17.4 Å². The lowest BCUT2D eigenvalue weighted by molar-refractivity contribution is -0.125. The molecule has 1 aliphatic rings. The Kier molecular flexibility index (Phi) is 6.72. The smallest absolute Gasteiger partial charge is 0.269 e. The van der Waals surface area contributed by atoms with Crippen molar-refractivity contribution in [1.29, 1.82) is 0 Å². The zero-order chi connectivity index (χ0) is 21.5. The molecule has 1 aromatic carbocycles. The molecule has 160 valence electrons. The summed E-state index contributed by atoms with van der Waals surface area (Å²) >= 11 is 0. The van der Waals surface area contributed by atoms with Gasteiger partial charge >= 0.3 is 0 Å². The second-order valence-electron chi connectivity index (χ2n) is 7.88. The predicted molar refractivity (Wildman–Crippen MR) is 120 cm³/mol. The van der Waals surface area contributed by atoms with Gasteiger partial charge in [-0.05, 0) is 42.5 Å². The van der Waals surface area contributed by atoms with Gasteiger partial charge in [0, 0.05) is 38.1 Å². The molecule has 2 aromatic heterocycles. The van der Waals surface area contributed by atoms with Crippen LogP contribution >= 0.6 is 0 Å². The molecule has 0 bridgehead atoms. The van der Waals surface area contributed by atoms with Gasteiger partial charge in [0.15, 0.2) is 0 Å². The minimum Gasteiger partial charge on any atom is -0.369 e. The molecule has 7 heteroatoms. The predicted octanol–water partition coefficient (Wildman–Crippen LogP) is 2.26. The number of benzene rings is 1. The van der Waals surface area contributed by atoms with Gasteiger partial charge in [-0.15, -0.1) is 0 Å². The van der Waals surface area contributed by atoms with Crippen LogP contribution in [-0.2, 0) is 17.8 Å². The number of hydrogen-bond acceptors (Lipinski definition) is 5. The number of rotatable bonds is 7. The van der Waals surface area contributed by atoms with Crippen molar-refractivity contribution >= 4 is 11.6 Å². The van der Waals surface area contributed by atoms with E-state index in [1.807, 2.05) is 42.5 Å². The molecule has 7 nitrogen and oxygen atoms in total. The highest BCUT2D eigenvalue weighted by atomic mass is 16.2. The molecule has 3 heterocycles. The van der Waals surface area contributed by atoms with Gasteiger partial charge in [-0.2, -0.15) is 5.10 Å². The van der Waals surface area contributed by atoms with Crippen LogP contribution in [0.5, 0.6) is 0 Å². The highest BCUT2D eigenvalue weighted by Gasteiger charge is 2.26. The van der Waals surface area contributed by atoms with E-state index in [1.54, 1.807) is 24.7 Å². The van der Waals surface area contributed by atoms with Crippen molar-refractivity contribution in [3.8, 4) is 0 Å². The maximum absolute atomic E-state index is 12.7. The summed E-state index contributed by atoms with van der Waals surface area (Å²) in [5.41, 5.74) is 2.84. The van der Waals surface area contributed by atoms with Crippen LogP contribution in [-0.4, -0.2) is 40.3 Å². The average molecular weight is 418 g/mol. The molecule has 0 radical (unpaired) electrons. The van der Waals surface area contributed by atoms with Gasteiger partial charge < -0.3 is 10.2 Å². The Labute approximate surface area is 181 Å². The molecule has 1 atom stereocenters. The molecule has 31 heavy (non-hydrogen) atoms. The van der Waals surface area contributed by atoms with Crippen LogP contribution in [0.4, 0.5) is 5.69 Å². The standard InChI is InChI=1S/C24H27N5O2/c30-23-15-22(16-27-29(23)17-20-5-2-1-3-6-20)28-14-4-7-21(18-28)24(31)26-13-10-19-8-11-25-12-9-19/h1-3,5-6,8-9,11-12,15-16,21H,4,7,10,13-14,17-18H2,(H,26,31)/t21-/m0/s1. The van der Waals surface area contributed by atoms with Gasteiger partial charge in [0.05, 0.1) is 24.3 Å². The van der Waals surface area contributed by atoms with Crippen molar-refractivity contribution < 1.29 is 4.79 Å². The third-order valence-corrected chi connectivity index (χ3v) is 5.65. The van der Waals surface area contributed by atoms with E-state index >= 15 is 0 Å². The lowest BCUT2D eigenvalue weighted by Gasteiger charge is -2.33. The quantitative estimate of drug-likeness (QED) is 0.638. The number of nitrogens with one attached hydrogen (secondary N) is 1. The Hall–Kier alpha value is -3.48. The van der Waals surface area contributed by atoms with E-state index in [0.717, 1.165) is 42.6 Å². The van der Waals surface area contributed by atoms with Crippen LogP contribution in [0.1, 0.15) is 24.0 Å². The number of carbonyl (C=O) groups is 1. The summed E-state index contributed by atoms with van der Waals surface area (Å²) in [6.45, 7) is 2.48. The maximum atomic E-state index is 12.7. The van der Waals surface area contributed by atoms with Gasteiger partial charge in [0.25, 0.3) is 5.56 Å². The highest BCUT2D eigenvalue weighted by Crippen LogP contribution is 2.22. The molecule has 0 spiro atoms. The molecule has 0 unspecified atom stereocenters. The molecule has 1 aliphatic heterocycles. The average Bonchev–Trinajstić information content (AvgIpc) is 2.82. The first kappa shape index (κ1) is 20.8. The molecule has 1 fully saturated rings. The van der Waals surface area contributed by atoms with Crippen molar-refractivity contribution in [2.45, 2.75) is 25.8 Å². The lowest BCUT2D eigenvalue weighted by atomic mass is 9.96. The van der Waals surface area contributed by atoms with Crippen LogP contribution in [0.3, 0.4) is 0 Å². The molecule has 3 aromatic rings. The van der Waals surface area contributed by atoms with E-state index in [1.165, 1.54) is 4.68 Å². The van der Waals surface area contributed by atoms with E-state index in [4.69, 9.17) is 0 Å². The Morgan fingerprint density at radius 1 is 1.10 bits per heavy atom. The molecule has 1 N–H and O–H groups in total. The van der Waals surface area contributed by atoms with Crippen molar-refractivity contribution in [3.05, 3.63) is 88.6 Å². The van der Waals surface area contributed by atoms with Gasteiger partial charge in [-0.25, -0.2) is 4.68 Å². The first-order valence-corrected chi connectivity index (χ1v) is 10.7. The monoisotopic (exact) mass is 417 g/mol. The molecule has 0 saturated carbocycles. The first-order chi connectivity index (χ1) is 15.2. The molecule has 1 saturated heterocycles. The summed E-state index contributed by atoms with van der Waals surface area (Å²) in [5.74, 6) is -0.0120. The molecule has 4 rings (SSSR count). The number of aromatic nitrogens is 3.